The Labute approximate surface area is 122 Å². The van der Waals surface area contributed by atoms with Crippen LogP contribution < -0.4 is 5.32 Å². The van der Waals surface area contributed by atoms with Gasteiger partial charge in [-0.2, -0.15) is 0 Å². The molecule has 1 heterocycles. The molecule has 110 valence electrons. The van der Waals surface area contributed by atoms with E-state index in [9.17, 15) is 9.18 Å². The van der Waals surface area contributed by atoms with Gasteiger partial charge in [0.2, 0.25) is 0 Å². The molecule has 1 saturated carbocycles. The number of rotatable bonds is 5. The van der Waals surface area contributed by atoms with Gasteiger partial charge in [-0.05, 0) is 37.0 Å². The molecule has 1 amide bonds. The van der Waals surface area contributed by atoms with Gasteiger partial charge >= 0.3 is 0 Å². The number of nitrogens with one attached hydrogen (secondary N) is 1. The van der Waals surface area contributed by atoms with Gasteiger partial charge in [-0.15, -0.1) is 0 Å². The van der Waals surface area contributed by atoms with Crippen LogP contribution in [-0.2, 0) is 0 Å². The lowest BCUT2D eigenvalue weighted by Gasteiger charge is -2.16. The Morgan fingerprint density at radius 1 is 1.43 bits per heavy atom. The number of aromatic nitrogens is 1. The summed E-state index contributed by atoms with van der Waals surface area (Å²) in [4.78, 5) is 12.2. The minimum atomic E-state index is -0.287. The summed E-state index contributed by atoms with van der Waals surface area (Å²) in [5.41, 5.74) is 1.18. The van der Waals surface area contributed by atoms with E-state index in [-0.39, 0.29) is 17.8 Å². The van der Waals surface area contributed by atoms with Gasteiger partial charge in [0.1, 0.15) is 11.6 Å². The molecule has 0 spiro atoms. The van der Waals surface area contributed by atoms with E-state index in [1.807, 2.05) is 6.92 Å². The third kappa shape index (κ3) is 3.12. The molecule has 3 rings (SSSR count). The van der Waals surface area contributed by atoms with Crippen LogP contribution in [0.4, 0.5) is 4.39 Å². The molecule has 1 fully saturated rings. The van der Waals surface area contributed by atoms with Crippen molar-refractivity contribution in [3.05, 3.63) is 53.2 Å². The lowest BCUT2D eigenvalue weighted by molar-refractivity contribution is 0.0926. The average molecular weight is 288 g/mol. The second kappa shape index (κ2) is 5.68. The van der Waals surface area contributed by atoms with Crippen molar-refractivity contribution in [1.29, 1.82) is 0 Å². The molecule has 1 aliphatic rings. The van der Waals surface area contributed by atoms with E-state index in [0.717, 1.165) is 24.2 Å². The first-order chi connectivity index (χ1) is 10.2. The van der Waals surface area contributed by atoms with Crippen LogP contribution in [0.2, 0.25) is 0 Å². The Kier molecular flexibility index (Phi) is 3.73. The molecule has 1 N–H and O–H groups in total. The van der Waals surface area contributed by atoms with Crippen molar-refractivity contribution in [2.75, 3.05) is 0 Å². The number of benzene rings is 1. The maximum Gasteiger partial charge on any atom is 0.273 e. The largest absolute Gasteiger partial charge is 0.360 e. The van der Waals surface area contributed by atoms with Crippen LogP contribution in [0.5, 0.6) is 0 Å². The maximum atomic E-state index is 13.0. The normalized spacial score (nSPS) is 15.7. The highest BCUT2D eigenvalue weighted by Crippen LogP contribution is 2.40. The van der Waals surface area contributed by atoms with Crippen molar-refractivity contribution >= 4 is 5.91 Å². The van der Waals surface area contributed by atoms with Crippen LogP contribution in [0, 0.1) is 5.82 Å². The number of carbonyl (C=O) groups is 1. The van der Waals surface area contributed by atoms with Gasteiger partial charge < -0.3 is 9.84 Å². The molecule has 0 saturated heterocycles. The van der Waals surface area contributed by atoms with E-state index in [0.29, 0.717) is 18.0 Å². The summed E-state index contributed by atoms with van der Waals surface area (Å²) in [5.74, 6) is 0.667. The van der Waals surface area contributed by atoms with Crippen LogP contribution in [0.1, 0.15) is 60.0 Å². The first-order valence-electron chi connectivity index (χ1n) is 7.20. The fraction of sp³-hybridized carbons (Fsp3) is 0.375. The van der Waals surface area contributed by atoms with E-state index in [1.54, 1.807) is 18.2 Å². The van der Waals surface area contributed by atoms with Gasteiger partial charge in [-0.1, -0.05) is 24.2 Å². The quantitative estimate of drug-likeness (QED) is 0.915. The summed E-state index contributed by atoms with van der Waals surface area (Å²) in [5, 5.41) is 6.73. The number of amides is 1. The highest BCUT2D eigenvalue weighted by Gasteiger charge is 2.29. The Balaban J connectivity index is 1.70. The summed E-state index contributed by atoms with van der Waals surface area (Å²) in [6, 6.07) is 7.70. The number of nitrogens with zero attached hydrogens (tertiary/aromatic N) is 1. The third-order valence-corrected chi connectivity index (χ3v) is 3.73. The Bertz CT molecular complexity index is 632. The van der Waals surface area contributed by atoms with E-state index in [2.05, 4.69) is 10.5 Å². The van der Waals surface area contributed by atoms with Gasteiger partial charge in [0.05, 0.1) is 6.04 Å². The lowest BCUT2D eigenvalue weighted by atomic mass is 10.0. The van der Waals surface area contributed by atoms with Crippen molar-refractivity contribution in [2.45, 2.75) is 38.1 Å². The molecular weight excluding hydrogens is 271 g/mol. The van der Waals surface area contributed by atoms with Crippen molar-refractivity contribution < 1.29 is 13.7 Å². The minimum Gasteiger partial charge on any atom is -0.360 e. The first kappa shape index (κ1) is 13.8. The fourth-order valence-corrected chi connectivity index (χ4v) is 2.30. The predicted octanol–water partition coefficient (Wildman–Crippen LogP) is 3.57. The SMILES string of the molecule is CC[C@H](NC(=O)c1cc(C2CC2)on1)c1ccc(F)cc1. The zero-order chi connectivity index (χ0) is 14.8. The molecule has 1 aromatic heterocycles. The van der Waals surface area contributed by atoms with Gasteiger partial charge in [-0.25, -0.2) is 4.39 Å². The Morgan fingerprint density at radius 2 is 2.14 bits per heavy atom. The van der Waals surface area contributed by atoms with Crippen LogP contribution in [0.25, 0.3) is 0 Å². The highest BCUT2D eigenvalue weighted by molar-refractivity contribution is 5.92. The molecule has 1 aliphatic carbocycles. The monoisotopic (exact) mass is 288 g/mol. The zero-order valence-electron chi connectivity index (χ0n) is 11.8. The van der Waals surface area contributed by atoms with E-state index >= 15 is 0 Å². The predicted molar refractivity (Wildman–Crippen MR) is 75.4 cm³/mol. The van der Waals surface area contributed by atoms with Crippen molar-refractivity contribution in [1.82, 2.24) is 10.5 Å². The summed E-state index contributed by atoms with van der Waals surface area (Å²) in [6.07, 6.45) is 2.91. The van der Waals surface area contributed by atoms with Crippen molar-refractivity contribution in [2.24, 2.45) is 0 Å². The molecule has 1 aromatic carbocycles. The van der Waals surface area contributed by atoms with Crippen molar-refractivity contribution in [3.63, 3.8) is 0 Å². The maximum absolute atomic E-state index is 13.0. The van der Waals surface area contributed by atoms with E-state index < -0.39 is 0 Å². The molecule has 21 heavy (non-hydrogen) atoms. The Hall–Kier alpha value is -2.17. The first-order valence-corrected chi connectivity index (χ1v) is 7.20. The highest BCUT2D eigenvalue weighted by atomic mass is 19.1. The molecule has 0 unspecified atom stereocenters. The van der Waals surface area contributed by atoms with Crippen LogP contribution >= 0.6 is 0 Å². The summed E-state index contributed by atoms with van der Waals surface area (Å²) in [7, 11) is 0. The molecule has 0 bridgehead atoms. The fourth-order valence-electron chi connectivity index (χ4n) is 2.30. The number of hydrogen-bond acceptors (Lipinski definition) is 3. The standard InChI is InChI=1S/C16H17FN2O2/c1-2-13(10-5-7-12(17)8-6-10)18-16(20)14-9-15(21-19-14)11-3-4-11/h5-9,11,13H,2-4H2,1H3,(H,18,20)/t13-/m0/s1. The van der Waals surface area contributed by atoms with Crippen LogP contribution in [0.15, 0.2) is 34.9 Å². The second-order valence-corrected chi connectivity index (χ2v) is 5.37. The minimum absolute atomic E-state index is 0.167. The molecule has 4 nitrogen and oxygen atoms in total. The molecule has 2 aromatic rings. The summed E-state index contributed by atoms with van der Waals surface area (Å²) < 4.78 is 18.1. The molecule has 5 heteroatoms. The van der Waals surface area contributed by atoms with Crippen LogP contribution in [-0.4, -0.2) is 11.1 Å². The summed E-state index contributed by atoms with van der Waals surface area (Å²) in [6.45, 7) is 1.97. The lowest BCUT2D eigenvalue weighted by Crippen LogP contribution is -2.28. The van der Waals surface area contributed by atoms with E-state index in [4.69, 9.17) is 4.52 Å². The zero-order valence-corrected chi connectivity index (χ0v) is 11.8. The molecule has 0 aliphatic heterocycles. The number of halogens is 1. The molecular formula is C16H17FN2O2. The number of carbonyl (C=O) groups excluding carboxylic acids is 1. The van der Waals surface area contributed by atoms with Gasteiger partial charge in [0, 0.05) is 12.0 Å². The topological polar surface area (TPSA) is 55.1 Å². The van der Waals surface area contributed by atoms with Crippen molar-refractivity contribution in [3.8, 4) is 0 Å². The van der Waals surface area contributed by atoms with Gasteiger partial charge in [0.25, 0.3) is 5.91 Å². The molecule has 1 atom stereocenters. The number of hydrogen-bond donors (Lipinski definition) is 1. The Morgan fingerprint density at radius 3 is 2.76 bits per heavy atom. The molecule has 0 radical (unpaired) electrons. The van der Waals surface area contributed by atoms with E-state index in [1.165, 1.54) is 12.1 Å². The van der Waals surface area contributed by atoms with Crippen LogP contribution in [0.3, 0.4) is 0 Å². The van der Waals surface area contributed by atoms with Gasteiger partial charge in [-0.3, -0.25) is 4.79 Å². The second-order valence-electron chi connectivity index (χ2n) is 5.37. The summed E-state index contributed by atoms with van der Waals surface area (Å²) >= 11 is 0. The smallest absolute Gasteiger partial charge is 0.273 e. The third-order valence-electron chi connectivity index (χ3n) is 3.73. The van der Waals surface area contributed by atoms with Gasteiger partial charge in [0.15, 0.2) is 5.69 Å². The average Bonchev–Trinajstić information content (AvgIpc) is 3.23.